The number of carbonyl (C=O) groups is 1. The molecule has 1 aromatic rings. The van der Waals surface area contributed by atoms with E-state index >= 15 is 0 Å². The Morgan fingerprint density at radius 3 is 2.44 bits per heavy atom. The van der Waals surface area contributed by atoms with Crippen molar-refractivity contribution in [3.63, 3.8) is 0 Å². The summed E-state index contributed by atoms with van der Waals surface area (Å²) in [6, 6.07) is 8.46. The molecule has 0 unspecified atom stereocenters. The fraction of sp³-hybridized carbons (Fsp3) is 0.364. The molecular weight excluding hydrogens is 256 g/mol. The van der Waals surface area contributed by atoms with Crippen molar-refractivity contribution in [1.29, 1.82) is 0 Å². The van der Waals surface area contributed by atoms with E-state index in [2.05, 4.69) is 15.0 Å². The van der Waals surface area contributed by atoms with Gasteiger partial charge >= 0.3 is 5.97 Å². The van der Waals surface area contributed by atoms with Crippen LogP contribution in [0.25, 0.3) is 0 Å². The number of esters is 1. The van der Waals surface area contributed by atoms with Crippen LogP contribution in [-0.4, -0.2) is 33.8 Å². The van der Waals surface area contributed by atoms with E-state index in [1.54, 1.807) is 0 Å². The molecule has 6 nitrogen and oxygen atoms in total. The molecule has 0 saturated heterocycles. The predicted octanol–water partition coefficient (Wildman–Crippen LogP) is -0.175. The van der Waals surface area contributed by atoms with E-state index in [1.807, 2.05) is 30.3 Å². The molecule has 0 aliphatic rings. The van der Waals surface area contributed by atoms with E-state index in [0.717, 1.165) is 11.8 Å². The van der Waals surface area contributed by atoms with Gasteiger partial charge in [-0.25, -0.2) is 13.8 Å². The number of rotatable bonds is 6. The number of hydrogen-bond donors (Lipinski definition) is 2. The zero-order chi connectivity index (χ0) is 13.6. The summed E-state index contributed by atoms with van der Waals surface area (Å²) in [4.78, 5) is 13.6. The highest BCUT2D eigenvalue weighted by Gasteiger charge is 2.20. The van der Waals surface area contributed by atoms with Gasteiger partial charge in [0.15, 0.2) is 0 Å². The Balaban J connectivity index is 2.70. The maximum atomic E-state index is 11.5. The fourth-order valence-electron chi connectivity index (χ4n) is 1.36. The van der Waals surface area contributed by atoms with Gasteiger partial charge in [0.1, 0.15) is 6.04 Å². The Bertz CT molecular complexity index is 487. The van der Waals surface area contributed by atoms with E-state index in [0.29, 0.717) is 6.42 Å². The third-order valence-corrected chi connectivity index (χ3v) is 2.68. The van der Waals surface area contributed by atoms with Gasteiger partial charge in [-0.2, -0.15) is 4.83 Å². The first-order valence-electron chi connectivity index (χ1n) is 5.26. The molecule has 0 amide bonds. The summed E-state index contributed by atoms with van der Waals surface area (Å²) in [5, 5.41) is 0. The Kier molecular flexibility index (Phi) is 5.26. The second-order valence-electron chi connectivity index (χ2n) is 3.78. The molecule has 1 atom stereocenters. The molecule has 0 aromatic heterocycles. The van der Waals surface area contributed by atoms with Crippen LogP contribution < -0.4 is 10.3 Å². The van der Waals surface area contributed by atoms with Gasteiger partial charge in [0.05, 0.1) is 13.4 Å². The van der Waals surface area contributed by atoms with Gasteiger partial charge in [-0.3, -0.25) is 4.79 Å². The number of hydrazine groups is 1. The summed E-state index contributed by atoms with van der Waals surface area (Å²) < 4.78 is 26.6. The average Bonchev–Trinajstić information content (AvgIpc) is 2.33. The molecule has 1 rings (SSSR count). The van der Waals surface area contributed by atoms with Gasteiger partial charge in [0.2, 0.25) is 10.0 Å². The average molecular weight is 272 g/mol. The first-order valence-corrected chi connectivity index (χ1v) is 7.15. The Hall–Kier alpha value is -1.44. The highest BCUT2D eigenvalue weighted by atomic mass is 32.2. The summed E-state index contributed by atoms with van der Waals surface area (Å²) in [5.41, 5.74) is 3.35. The lowest BCUT2D eigenvalue weighted by Gasteiger charge is -2.16. The Morgan fingerprint density at radius 2 is 1.94 bits per heavy atom. The first-order chi connectivity index (χ1) is 8.42. The number of hydrogen-bond acceptors (Lipinski definition) is 5. The number of methoxy groups -OCH3 is 1. The number of nitrogens with one attached hydrogen (secondary N) is 2. The molecule has 0 radical (unpaired) electrons. The van der Waals surface area contributed by atoms with Crippen molar-refractivity contribution in [2.45, 2.75) is 12.5 Å². The minimum absolute atomic E-state index is 0.329. The van der Waals surface area contributed by atoms with Gasteiger partial charge in [0, 0.05) is 0 Å². The van der Waals surface area contributed by atoms with Crippen LogP contribution >= 0.6 is 0 Å². The zero-order valence-electron chi connectivity index (χ0n) is 10.2. The van der Waals surface area contributed by atoms with Gasteiger partial charge in [-0.05, 0) is 12.0 Å². The van der Waals surface area contributed by atoms with E-state index in [-0.39, 0.29) is 0 Å². The van der Waals surface area contributed by atoms with Crippen molar-refractivity contribution in [2.75, 3.05) is 13.4 Å². The van der Waals surface area contributed by atoms with Crippen LogP contribution in [0.4, 0.5) is 0 Å². The van der Waals surface area contributed by atoms with Gasteiger partial charge in [-0.15, -0.1) is 0 Å². The molecule has 0 aliphatic carbocycles. The maximum Gasteiger partial charge on any atom is 0.324 e. The lowest BCUT2D eigenvalue weighted by molar-refractivity contribution is -0.143. The quantitative estimate of drug-likeness (QED) is 0.554. The van der Waals surface area contributed by atoms with Crippen LogP contribution in [0, 0.1) is 0 Å². The minimum atomic E-state index is -3.42. The molecule has 2 N–H and O–H groups in total. The molecular formula is C11H16N2O4S. The summed E-state index contributed by atoms with van der Waals surface area (Å²) in [6.45, 7) is 0. The van der Waals surface area contributed by atoms with E-state index in [4.69, 9.17) is 0 Å². The van der Waals surface area contributed by atoms with Crippen LogP contribution in [0.15, 0.2) is 30.3 Å². The van der Waals surface area contributed by atoms with Gasteiger partial charge < -0.3 is 4.74 Å². The number of carbonyl (C=O) groups excluding carboxylic acids is 1. The molecule has 0 bridgehead atoms. The van der Waals surface area contributed by atoms with Crippen LogP contribution in [0.3, 0.4) is 0 Å². The van der Waals surface area contributed by atoms with E-state index < -0.39 is 22.0 Å². The van der Waals surface area contributed by atoms with Crippen molar-refractivity contribution < 1.29 is 17.9 Å². The predicted molar refractivity (Wildman–Crippen MR) is 67.1 cm³/mol. The van der Waals surface area contributed by atoms with Gasteiger partial charge in [-0.1, -0.05) is 30.3 Å². The summed E-state index contributed by atoms with van der Waals surface area (Å²) in [6.07, 6.45) is 1.33. The van der Waals surface area contributed by atoms with E-state index in [9.17, 15) is 13.2 Å². The summed E-state index contributed by atoms with van der Waals surface area (Å²) >= 11 is 0. The molecule has 7 heteroatoms. The lowest BCUT2D eigenvalue weighted by atomic mass is 10.1. The largest absolute Gasteiger partial charge is 0.468 e. The van der Waals surface area contributed by atoms with Crippen molar-refractivity contribution in [1.82, 2.24) is 10.3 Å². The third kappa shape index (κ3) is 5.26. The van der Waals surface area contributed by atoms with Gasteiger partial charge in [0.25, 0.3) is 0 Å². The summed E-state index contributed by atoms with van der Waals surface area (Å²) in [5.74, 6) is -0.532. The van der Waals surface area contributed by atoms with Crippen LogP contribution in [-0.2, 0) is 26.0 Å². The zero-order valence-corrected chi connectivity index (χ0v) is 11.0. The lowest BCUT2D eigenvalue weighted by Crippen LogP contribution is -2.49. The highest BCUT2D eigenvalue weighted by Crippen LogP contribution is 2.04. The van der Waals surface area contributed by atoms with E-state index in [1.165, 1.54) is 7.11 Å². The fourth-order valence-corrected chi connectivity index (χ4v) is 1.72. The van der Waals surface area contributed by atoms with Crippen molar-refractivity contribution in [3.05, 3.63) is 35.9 Å². The molecule has 0 spiro atoms. The smallest absolute Gasteiger partial charge is 0.324 e. The van der Waals surface area contributed by atoms with Crippen molar-refractivity contribution in [3.8, 4) is 0 Å². The normalized spacial score (nSPS) is 13.0. The molecule has 100 valence electrons. The molecule has 0 fully saturated rings. The van der Waals surface area contributed by atoms with Crippen molar-refractivity contribution in [2.24, 2.45) is 0 Å². The number of benzene rings is 1. The maximum absolute atomic E-state index is 11.5. The van der Waals surface area contributed by atoms with Crippen LogP contribution in [0.5, 0.6) is 0 Å². The highest BCUT2D eigenvalue weighted by molar-refractivity contribution is 7.88. The molecule has 0 aliphatic heterocycles. The van der Waals surface area contributed by atoms with Crippen LogP contribution in [0.1, 0.15) is 5.56 Å². The van der Waals surface area contributed by atoms with Crippen LogP contribution in [0.2, 0.25) is 0 Å². The first kappa shape index (κ1) is 14.6. The molecule has 0 heterocycles. The molecule has 0 saturated carbocycles. The summed E-state index contributed by atoms with van der Waals surface area (Å²) in [7, 11) is -2.17. The van der Waals surface area contributed by atoms with Crippen molar-refractivity contribution >= 4 is 16.0 Å². The SMILES string of the molecule is COC(=O)[C@H](Cc1ccccc1)NNS(C)(=O)=O. The number of sulfonamides is 1. The second-order valence-corrected chi connectivity index (χ2v) is 5.53. The topological polar surface area (TPSA) is 84.5 Å². The molecule has 18 heavy (non-hydrogen) atoms. The minimum Gasteiger partial charge on any atom is -0.468 e. The number of ether oxygens (including phenoxy) is 1. The molecule has 1 aromatic carbocycles. The Labute approximate surface area is 106 Å². The second kappa shape index (κ2) is 6.48. The monoisotopic (exact) mass is 272 g/mol. The Morgan fingerprint density at radius 1 is 1.33 bits per heavy atom. The third-order valence-electron chi connectivity index (χ3n) is 2.19. The standard InChI is InChI=1S/C11H16N2O4S/c1-17-11(14)10(12-13-18(2,15)16)8-9-6-4-3-5-7-9/h3-7,10,12-13H,8H2,1-2H3/t10-/m0/s1.